The van der Waals surface area contributed by atoms with Gasteiger partial charge >= 0.3 is 0 Å². The highest BCUT2D eigenvalue weighted by atomic mass is 16.5. The zero-order chi connectivity index (χ0) is 14.1. The van der Waals surface area contributed by atoms with Crippen LogP contribution in [0.1, 0.15) is 19.4 Å². The Hall–Kier alpha value is -1.17. The van der Waals surface area contributed by atoms with Gasteiger partial charge in [0.25, 0.3) is 0 Å². The Morgan fingerprint density at radius 1 is 1.32 bits per heavy atom. The molecule has 0 aromatic carbocycles. The van der Waals surface area contributed by atoms with Crippen molar-refractivity contribution in [2.45, 2.75) is 32.5 Å². The van der Waals surface area contributed by atoms with E-state index in [9.17, 15) is 0 Å². The van der Waals surface area contributed by atoms with Crippen LogP contribution in [-0.2, 0) is 16.0 Å². The molecule has 0 saturated carbocycles. The van der Waals surface area contributed by atoms with E-state index in [1.165, 1.54) is 5.56 Å². The molecule has 108 valence electrons. The lowest BCUT2D eigenvalue weighted by molar-refractivity contribution is 0.0365. The third-order valence-corrected chi connectivity index (χ3v) is 2.74. The maximum Gasteiger partial charge on any atom is 0.126 e. The molecule has 19 heavy (non-hydrogen) atoms. The maximum absolute atomic E-state index is 5.29. The van der Waals surface area contributed by atoms with E-state index in [2.05, 4.69) is 35.5 Å². The lowest BCUT2D eigenvalue weighted by atomic mass is 10.2. The maximum atomic E-state index is 5.29. The fourth-order valence-electron chi connectivity index (χ4n) is 1.62. The van der Waals surface area contributed by atoms with Gasteiger partial charge in [0.2, 0.25) is 0 Å². The van der Waals surface area contributed by atoms with Gasteiger partial charge in [0.15, 0.2) is 0 Å². The minimum absolute atomic E-state index is 0.0317. The first-order valence-corrected chi connectivity index (χ1v) is 6.59. The highest BCUT2D eigenvalue weighted by molar-refractivity contribution is 5.37. The van der Waals surface area contributed by atoms with Crippen LogP contribution in [0.3, 0.4) is 0 Å². The Balaban J connectivity index is 2.47. The first kappa shape index (κ1) is 15.9. The Kier molecular flexibility index (Phi) is 7.40. The molecule has 5 nitrogen and oxygen atoms in total. The molecule has 0 radical (unpaired) electrons. The van der Waals surface area contributed by atoms with Gasteiger partial charge in [-0.25, -0.2) is 4.98 Å². The topological polar surface area (TPSA) is 55.4 Å². The van der Waals surface area contributed by atoms with Crippen LogP contribution in [0.4, 0.5) is 5.82 Å². The van der Waals surface area contributed by atoms with E-state index in [1.54, 1.807) is 14.2 Å². The van der Waals surface area contributed by atoms with E-state index in [-0.39, 0.29) is 6.10 Å². The third kappa shape index (κ3) is 6.52. The third-order valence-electron chi connectivity index (χ3n) is 2.74. The zero-order valence-electron chi connectivity index (χ0n) is 12.3. The average molecular weight is 267 g/mol. The van der Waals surface area contributed by atoms with Crippen molar-refractivity contribution in [1.82, 2.24) is 10.3 Å². The Labute approximate surface area is 115 Å². The van der Waals surface area contributed by atoms with Crippen LogP contribution in [0, 0.1) is 0 Å². The summed E-state index contributed by atoms with van der Waals surface area (Å²) in [5.41, 5.74) is 1.21. The summed E-state index contributed by atoms with van der Waals surface area (Å²) in [6.45, 7) is 6.36. The molecule has 1 heterocycles. The molecule has 0 bridgehead atoms. The van der Waals surface area contributed by atoms with Crippen LogP contribution in [0.5, 0.6) is 0 Å². The number of nitrogens with one attached hydrogen (secondary N) is 2. The number of anilines is 1. The van der Waals surface area contributed by atoms with Gasteiger partial charge in [0, 0.05) is 39.5 Å². The summed E-state index contributed by atoms with van der Waals surface area (Å²) in [5, 5.41) is 6.65. The quantitative estimate of drug-likeness (QED) is 0.712. The molecular weight excluding hydrogens is 242 g/mol. The molecule has 0 spiro atoms. The Morgan fingerprint density at radius 3 is 2.74 bits per heavy atom. The van der Waals surface area contributed by atoms with Crippen LogP contribution in [0.15, 0.2) is 18.3 Å². The minimum Gasteiger partial charge on any atom is -0.382 e. The molecule has 0 aliphatic heterocycles. The number of aromatic nitrogens is 1. The van der Waals surface area contributed by atoms with E-state index in [1.807, 2.05) is 12.3 Å². The van der Waals surface area contributed by atoms with Crippen LogP contribution in [0.25, 0.3) is 0 Å². The largest absolute Gasteiger partial charge is 0.382 e. The molecule has 2 N–H and O–H groups in total. The fourth-order valence-corrected chi connectivity index (χ4v) is 1.62. The van der Waals surface area contributed by atoms with Crippen molar-refractivity contribution in [3.05, 3.63) is 23.9 Å². The van der Waals surface area contributed by atoms with Crippen molar-refractivity contribution < 1.29 is 9.47 Å². The molecule has 1 aromatic heterocycles. The molecular formula is C14H25N3O2. The average Bonchev–Trinajstić information content (AvgIpc) is 2.41. The smallest absolute Gasteiger partial charge is 0.126 e. The van der Waals surface area contributed by atoms with Gasteiger partial charge in [0.05, 0.1) is 12.7 Å². The van der Waals surface area contributed by atoms with Crippen molar-refractivity contribution in [3.8, 4) is 0 Å². The number of nitrogens with zero attached hydrogens (tertiary/aromatic N) is 1. The van der Waals surface area contributed by atoms with Crippen molar-refractivity contribution in [2.24, 2.45) is 0 Å². The monoisotopic (exact) mass is 267 g/mol. The Morgan fingerprint density at radius 2 is 2.11 bits per heavy atom. The van der Waals surface area contributed by atoms with Crippen molar-refractivity contribution in [2.75, 3.05) is 32.7 Å². The lowest BCUT2D eigenvalue weighted by Gasteiger charge is -2.16. The van der Waals surface area contributed by atoms with Gasteiger partial charge in [0.1, 0.15) is 5.82 Å². The molecule has 1 unspecified atom stereocenters. The summed E-state index contributed by atoms with van der Waals surface area (Å²) >= 11 is 0. The second kappa shape index (κ2) is 8.85. The number of hydrogen-bond acceptors (Lipinski definition) is 5. The van der Waals surface area contributed by atoms with Gasteiger partial charge in [-0.15, -0.1) is 0 Å². The predicted octanol–water partition coefficient (Wildman–Crippen LogP) is 1.65. The highest BCUT2D eigenvalue weighted by Crippen LogP contribution is 2.07. The number of hydrogen-bond donors (Lipinski definition) is 2. The van der Waals surface area contributed by atoms with Crippen molar-refractivity contribution in [3.63, 3.8) is 0 Å². The molecule has 0 fully saturated rings. The molecule has 0 aliphatic carbocycles. The standard InChI is InChI=1S/C14H25N3O2/c1-11(2)16-8-12-5-6-15-14(7-12)17-9-13(19-4)10-18-3/h5-7,11,13,16H,8-10H2,1-4H3,(H,15,17). The van der Waals surface area contributed by atoms with Crippen molar-refractivity contribution >= 4 is 5.82 Å². The summed E-state index contributed by atoms with van der Waals surface area (Å²) < 4.78 is 10.4. The molecule has 5 heteroatoms. The van der Waals surface area contributed by atoms with E-state index < -0.39 is 0 Å². The fraction of sp³-hybridized carbons (Fsp3) is 0.643. The second-order valence-corrected chi connectivity index (χ2v) is 4.78. The summed E-state index contributed by atoms with van der Waals surface area (Å²) in [5.74, 6) is 0.862. The van der Waals surface area contributed by atoms with E-state index in [0.717, 1.165) is 12.4 Å². The van der Waals surface area contributed by atoms with E-state index in [0.29, 0.717) is 19.2 Å². The molecule has 1 rings (SSSR count). The van der Waals surface area contributed by atoms with Gasteiger partial charge in [-0.05, 0) is 17.7 Å². The SMILES string of the molecule is COCC(CNc1cc(CNC(C)C)ccn1)OC. The molecule has 1 aromatic rings. The number of ether oxygens (including phenoxy) is 2. The molecule has 1 atom stereocenters. The normalized spacial score (nSPS) is 12.7. The number of methoxy groups -OCH3 is 2. The number of pyridine rings is 1. The van der Waals surface area contributed by atoms with E-state index >= 15 is 0 Å². The summed E-state index contributed by atoms with van der Waals surface area (Å²) in [6.07, 6.45) is 1.85. The highest BCUT2D eigenvalue weighted by Gasteiger charge is 2.07. The predicted molar refractivity (Wildman–Crippen MR) is 77.4 cm³/mol. The molecule has 0 saturated heterocycles. The Bertz CT molecular complexity index is 358. The van der Waals surface area contributed by atoms with Crippen LogP contribution in [0.2, 0.25) is 0 Å². The second-order valence-electron chi connectivity index (χ2n) is 4.78. The van der Waals surface area contributed by atoms with Gasteiger partial charge in [-0.2, -0.15) is 0 Å². The molecule has 0 aliphatic rings. The van der Waals surface area contributed by atoms with Gasteiger partial charge < -0.3 is 20.1 Å². The van der Waals surface area contributed by atoms with Crippen LogP contribution >= 0.6 is 0 Å². The first-order valence-electron chi connectivity index (χ1n) is 6.59. The molecule has 0 amide bonds. The van der Waals surface area contributed by atoms with Gasteiger partial charge in [-0.1, -0.05) is 13.8 Å². The number of rotatable bonds is 9. The van der Waals surface area contributed by atoms with Crippen LogP contribution < -0.4 is 10.6 Å². The summed E-state index contributed by atoms with van der Waals surface area (Å²) in [7, 11) is 3.35. The minimum atomic E-state index is 0.0317. The van der Waals surface area contributed by atoms with Crippen LogP contribution in [-0.4, -0.2) is 44.5 Å². The zero-order valence-corrected chi connectivity index (χ0v) is 12.3. The summed E-state index contributed by atoms with van der Waals surface area (Å²) in [6, 6.07) is 4.54. The lowest BCUT2D eigenvalue weighted by Crippen LogP contribution is -2.27. The van der Waals surface area contributed by atoms with Crippen molar-refractivity contribution in [1.29, 1.82) is 0 Å². The van der Waals surface area contributed by atoms with E-state index in [4.69, 9.17) is 9.47 Å². The first-order chi connectivity index (χ1) is 9.15. The summed E-state index contributed by atoms with van der Waals surface area (Å²) in [4.78, 5) is 4.30. The van der Waals surface area contributed by atoms with Gasteiger partial charge in [-0.3, -0.25) is 0 Å².